The third kappa shape index (κ3) is 4.17. The molecule has 2 aromatic rings. The number of aryl methyl sites for hydroxylation is 1. The Bertz CT molecular complexity index is 548. The molecule has 2 heteroatoms. The van der Waals surface area contributed by atoms with Crippen LogP contribution in [0.3, 0.4) is 0 Å². The first-order valence-corrected chi connectivity index (χ1v) is 7.11. The van der Waals surface area contributed by atoms with Crippen LogP contribution in [-0.4, -0.2) is 6.04 Å². The first-order chi connectivity index (χ1) is 9.54. The van der Waals surface area contributed by atoms with Gasteiger partial charge in [-0.1, -0.05) is 42.0 Å². The molecular formula is C18H22FN. The summed E-state index contributed by atoms with van der Waals surface area (Å²) in [6.07, 6.45) is 0.899. The maximum absolute atomic E-state index is 12.9. The van der Waals surface area contributed by atoms with Gasteiger partial charge in [-0.05, 0) is 50.5 Å². The van der Waals surface area contributed by atoms with Crippen molar-refractivity contribution in [3.8, 4) is 0 Å². The molecule has 1 N–H and O–H groups in total. The quantitative estimate of drug-likeness (QED) is 0.849. The molecule has 1 unspecified atom stereocenters. The van der Waals surface area contributed by atoms with E-state index in [2.05, 4.69) is 50.4 Å². The standard InChI is InChI=1S/C18H22FN/c1-13-5-4-6-17(11-13)15(3)20-14(2)12-16-7-9-18(19)10-8-16/h4-11,14-15,20H,12H2,1-3H3/t14?,15-/m1/s1. The predicted octanol–water partition coefficient (Wildman–Crippen LogP) is 4.42. The van der Waals surface area contributed by atoms with Gasteiger partial charge in [0.15, 0.2) is 0 Å². The molecule has 0 aliphatic rings. The van der Waals surface area contributed by atoms with Gasteiger partial charge >= 0.3 is 0 Å². The number of rotatable bonds is 5. The molecule has 2 atom stereocenters. The second-order valence-corrected chi connectivity index (χ2v) is 5.53. The minimum absolute atomic E-state index is 0.178. The van der Waals surface area contributed by atoms with Crippen LogP contribution in [0.4, 0.5) is 4.39 Å². The second kappa shape index (κ2) is 6.67. The normalized spacial score (nSPS) is 14.0. The molecule has 0 heterocycles. The highest BCUT2D eigenvalue weighted by Gasteiger charge is 2.10. The van der Waals surface area contributed by atoms with Crippen LogP contribution in [0.1, 0.15) is 36.6 Å². The smallest absolute Gasteiger partial charge is 0.123 e. The highest BCUT2D eigenvalue weighted by Crippen LogP contribution is 2.15. The fourth-order valence-corrected chi connectivity index (χ4v) is 2.50. The summed E-state index contributed by atoms with van der Waals surface area (Å²) in [7, 11) is 0. The van der Waals surface area contributed by atoms with Gasteiger partial charge in [0.05, 0.1) is 0 Å². The Hall–Kier alpha value is -1.67. The maximum Gasteiger partial charge on any atom is 0.123 e. The molecule has 0 bridgehead atoms. The Labute approximate surface area is 120 Å². The molecular weight excluding hydrogens is 249 g/mol. The molecule has 0 spiro atoms. The van der Waals surface area contributed by atoms with Crippen molar-refractivity contribution in [1.29, 1.82) is 0 Å². The van der Waals surface area contributed by atoms with Crippen LogP contribution in [0.25, 0.3) is 0 Å². The molecule has 0 saturated heterocycles. The van der Waals surface area contributed by atoms with E-state index in [4.69, 9.17) is 0 Å². The predicted molar refractivity (Wildman–Crippen MR) is 82.3 cm³/mol. The van der Waals surface area contributed by atoms with Crippen molar-refractivity contribution in [3.63, 3.8) is 0 Å². The molecule has 0 aliphatic heterocycles. The molecule has 0 amide bonds. The van der Waals surface area contributed by atoms with Crippen molar-refractivity contribution in [2.24, 2.45) is 0 Å². The van der Waals surface area contributed by atoms with Crippen LogP contribution in [0, 0.1) is 12.7 Å². The summed E-state index contributed by atoms with van der Waals surface area (Å²) < 4.78 is 12.9. The summed E-state index contributed by atoms with van der Waals surface area (Å²) in [5.41, 5.74) is 3.74. The third-order valence-electron chi connectivity index (χ3n) is 3.53. The van der Waals surface area contributed by atoms with Crippen molar-refractivity contribution in [2.75, 3.05) is 0 Å². The summed E-state index contributed by atoms with van der Waals surface area (Å²) in [5.74, 6) is -0.178. The zero-order valence-corrected chi connectivity index (χ0v) is 12.4. The largest absolute Gasteiger partial charge is 0.307 e. The molecule has 106 valence electrons. The van der Waals surface area contributed by atoms with Crippen molar-refractivity contribution in [2.45, 2.75) is 39.3 Å². The van der Waals surface area contributed by atoms with Crippen molar-refractivity contribution in [3.05, 3.63) is 71.0 Å². The fraction of sp³-hybridized carbons (Fsp3) is 0.333. The SMILES string of the molecule is Cc1cccc([C@@H](C)NC(C)Cc2ccc(F)cc2)c1. The van der Waals surface area contributed by atoms with Gasteiger partial charge < -0.3 is 5.32 Å². The Balaban J connectivity index is 1.93. The number of nitrogens with one attached hydrogen (secondary N) is 1. The van der Waals surface area contributed by atoms with E-state index < -0.39 is 0 Å². The molecule has 0 radical (unpaired) electrons. The highest BCUT2D eigenvalue weighted by molar-refractivity contribution is 5.25. The Morgan fingerprint density at radius 2 is 1.75 bits per heavy atom. The molecule has 0 fully saturated rings. The molecule has 2 aromatic carbocycles. The first-order valence-electron chi connectivity index (χ1n) is 7.11. The van der Waals surface area contributed by atoms with Crippen molar-refractivity contribution < 1.29 is 4.39 Å². The topological polar surface area (TPSA) is 12.0 Å². The van der Waals surface area contributed by atoms with Crippen LogP contribution < -0.4 is 5.32 Å². The maximum atomic E-state index is 12.9. The van der Waals surface area contributed by atoms with Crippen LogP contribution >= 0.6 is 0 Å². The second-order valence-electron chi connectivity index (χ2n) is 5.53. The Morgan fingerprint density at radius 3 is 2.40 bits per heavy atom. The lowest BCUT2D eigenvalue weighted by molar-refractivity contribution is 0.477. The number of hydrogen-bond acceptors (Lipinski definition) is 1. The van der Waals surface area contributed by atoms with E-state index in [9.17, 15) is 4.39 Å². The molecule has 2 rings (SSSR count). The molecule has 20 heavy (non-hydrogen) atoms. The van der Waals surface area contributed by atoms with E-state index >= 15 is 0 Å². The van der Waals surface area contributed by atoms with Gasteiger partial charge in [-0.3, -0.25) is 0 Å². The monoisotopic (exact) mass is 271 g/mol. The van der Waals surface area contributed by atoms with Gasteiger partial charge in [0, 0.05) is 12.1 Å². The Morgan fingerprint density at radius 1 is 1.05 bits per heavy atom. The summed E-state index contributed by atoms with van der Waals surface area (Å²) >= 11 is 0. The van der Waals surface area contributed by atoms with Crippen LogP contribution in [-0.2, 0) is 6.42 Å². The summed E-state index contributed by atoms with van der Waals surface area (Å²) in [5, 5.41) is 3.59. The zero-order chi connectivity index (χ0) is 14.5. The van der Waals surface area contributed by atoms with E-state index in [0.29, 0.717) is 12.1 Å². The summed E-state index contributed by atoms with van der Waals surface area (Å²) in [6.45, 7) is 6.45. The lowest BCUT2D eigenvalue weighted by Gasteiger charge is -2.21. The first kappa shape index (κ1) is 14.7. The van der Waals surface area contributed by atoms with Gasteiger partial charge in [0.2, 0.25) is 0 Å². The summed E-state index contributed by atoms with van der Waals surface area (Å²) in [4.78, 5) is 0. The van der Waals surface area contributed by atoms with Gasteiger partial charge in [-0.15, -0.1) is 0 Å². The van der Waals surface area contributed by atoms with E-state index in [1.54, 1.807) is 0 Å². The minimum Gasteiger partial charge on any atom is -0.307 e. The van der Waals surface area contributed by atoms with Crippen LogP contribution in [0.2, 0.25) is 0 Å². The number of benzene rings is 2. The minimum atomic E-state index is -0.178. The van der Waals surface area contributed by atoms with Gasteiger partial charge in [0.1, 0.15) is 5.82 Å². The lowest BCUT2D eigenvalue weighted by Crippen LogP contribution is -2.30. The van der Waals surface area contributed by atoms with E-state index in [1.807, 2.05) is 12.1 Å². The molecule has 0 aliphatic carbocycles. The van der Waals surface area contributed by atoms with Crippen molar-refractivity contribution >= 4 is 0 Å². The third-order valence-corrected chi connectivity index (χ3v) is 3.53. The molecule has 0 aromatic heterocycles. The average Bonchev–Trinajstić information content (AvgIpc) is 2.41. The Kier molecular flexibility index (Phi) is 4.91. The van der Waals surface area contributed by atoms with Crippen LogP contribution in [0.5, 0.6) is 0 Å². The van der Waals surface area contributed by atoms with E-state index in [-0.39, 0.29) is 5.82 Å². The van der Waals surface area contributed by atoms with Gasteiger partial charge in [-0.25, -0.2) is 4.39 Å². The number of hydrogen-bond donors (Lipinski definition) is 1. The number of halogens is 1. The van der Waals surface area contributed by atoms with Gasteiger partial charge in [0.25, 0.3) is 0 Å². The average molecular weight is 271 g/mol. The summed E-state index contributed by atoms with van der Waals surface area (Å²) in [6, 6.07) is 16.0. The molecule has 1 nitrogen and oxygen atoms in total. The van der Waals surface area contributed by atoms with E-state index in [0.717, 1.165) is 12.0 Å². The van der Waals surface area contributed by atoms with E-state index in [1.165, 1.54) is 23.3 Å². The van der Waals surface area contributed by atoms with Crippen molar-refractivity contribution in [1.82, 2.24) is 5.32 Å². The molecule has 0 saturated carbocycles. The lowest BCUT2D eigenvalue weighted by atomic mass is 10.0. The van der Waals surface area contributed by atoms with Gasteiger partial charge in [-0.2, -0.15) is 0 Å². The highest BCUT2D eigenvalue weighted by atomic mass is 19.1. The van der Waals surface area contributed by atoms with Crippen LogP contribution in [0.15, 0.2) is 48.5 Å². The zero-order valence-electron chi connectivity index (χ0n) is 12.4. The fourth-order valence-electron chi connectivity index (χ4n) is 2.50.